The second kappa shape index (κ2) is 3.45. The van der Waals surface area contributed by atoms with Gasteiger partial charge in [-0.1, -0.05) is 13.8 Å². The van der Waals surface area contributed by atoms with Crippen LogP contribution in [0.3, 0.4) is 0 Å². The summed E-state index contributed by atoms with van der Waals surface area (Å²) in [6.45, 7) is 12.2. The lowest BCUT2D eigenvalue weighted by molar-refractivity contribution is 0.496. The Morgan fingerprint density at radius 1 is 1.64 bits per heavy atom. The molecule has 3 heteroatoms. The standard InChI is InChI=1S/C11H15N3/c1-8(2)10-7-14-6-9(12-3)4-5-11(14)13-10/h7-9H,4-6H2,1-2H3. The van der Waals surface area contributed by atoms with E-state index in [-0.39, 0.29) is 6.04 Å². The molecule has 1 atom stereocenters. The van der Waals surface area contributed by atoms with E-state index in [2.05, 4.69) is 34.4 Å². The van der Waals surface area contributed by atoms with Crippen molar-refractivity contribution in [1.82, 2.24) is 9.55 Å². The fraction of sp³-hybridized carbons (Fsp3) is 0.636. The van der Waals surface area contributed by atoms with E-state index in [0.29, 0.717) is 5.92 Å². The second-order valence-corrected chi connectivity index (χ2v) is 4.21. The maximum absolute atomic E-state index is 7.02. The zero-order chi connectivity index (χ0) is 10.1. The third-order valence-electron chi connectivity index (χ3n) is 2.76. The number of fused-ring (bicyclic) bond motifs is 1. The van der Waals surface area contributed by atoms with Crippen LogP contribution in [0, 0.1) is 6.57 Å². The SMILES string of the molecule is [C-]#[N+]C1CCc2nc(C(C)C)cn2C1. The molecule has 0 spiro atoms. The topological polar surface area (TPSA) is 22.2 Å². The van der Waals surface area contributed by atoms with Crippen molar-refractivity contribution in [2.45, 2.75) is 45.2 Å². The summed E-state index contributed by atoms with van der Waals surface area (Å²) in [7, 11) is 0. The van der Waals surface area contributed by atoms with Gasteiger partial charge >= 0.3 is 0 Å². The third-order valence-corrected chi connectivity index (χ3v) is 2.76. The van der Waals surface area contributed by atoms with E-state index in [0.717, 1.165) is 30.9 Å². The van der Waals surface area contributed by atoms with Crippen molar-refractivity contribution in [3.63, 3.8) is 0 Å². The van der Waals surface area contributed by atoms with Crippen molar-refractivity contribution in [2.75, 3.05) is 0 Å². The number of aryl methyl sites for hydroxylation is 1. The van der Waals surface area contributed by atoms with Crippen LogP contribution in [-0.2, 0) is 13.0 Å². The number of hydrogen-bond acceptors (Lipinski definition) is 1. The molecule has 0 amide bonds. The Bertz CT molecular complexity index is 370. The first-order chi connectivity index (χ1) is 6.70. The van der Waals surface area contributed by atoms with Gasteiger partial charge in [0, 0.05) is 19.0 Å². The summed E-state index contributed by atoms with van der Waals surface area (Å²) < 4.78 is 2.15. The summed E-state index contributed by atoms with van der Waals surface area (Å²) in [5.74, 6) is 1.65. The minimum Gasteiger partial charge on any atom is -0.327 e. The fourth-order valence-electron chi connectivity index (χ4n) is 1.83. The number of hydrogen-bond donors (Lipinski definition) is 0. The zero-order valence-electron chi connectivity index (χ0n) is 8.70. The Morgan fingerprint density at radius 3 is 3.07 bits per heavy atom. The normalized spacial score (nSPS) is 20.6. The first kappa shape index (κ1) is 9.26. The predicted molar refractivity (Wildman–Crippen MR) is 55.0 cm³/mol. The van der Waals surface area contributed by atoms with Gasteiger partial charge in [-0.25, -0.2) is 11.6 Å². The van der Waals surface area contributed by atoms with E-state index in [1.54, 1.807) is 0 Å². The van der Waals surface area contributed by atoms with Crippen molar-refractivity contribution in [2.24, 2.45) is 0 Å². The average Bonchev–Trinajstić information content (AvgIpc) is 2.59. The van der Waals surface area contributed by atoms with Crippen molar-refractivity contribution >= 4 is 0 Å². The summed E-state index contributed by atoms with van der Waals surface area (Å²) in [4.78, 5) is 8.18. The third kappa shape index (κ3) is 1.52. The van der Waals surface area contributed by atoms with Crippen LogP contribution in [0.1, 0.15) is 37.7 Å². The van der Waals surface area contributed by atoms with Gasteiger partial charge in [0.25, 0.3) is 0 Å². The molecule has 0 bridgehead atoms. The molecule has 0 fully saturated rings. The molecule has 3 nitrogen and oxygen atoms in total. The van der Waals surface area contributed by atoms with E-state index in [4.69, 9.17) is 6.57 Å². The van der Waals surface area contributed by atoms with Crippen molar-refractivity contribution in [3.8, 4) is 0 Å². The summed E-state index contributed by atoms with van der Waals surface area (Å²) in [6, 6.07) is 0.164. The lowest BCUT2D eigenvalue weighted by atomic mass is 10.1. The number of aromatic nitrogens is 2. The van der Waals surface area contributed by atoms with Crippen LogP contribution in [0.25, 0.3) is 4.85 Å². The van der Waals surface area contributed by atoms with E-state index in [9.17, 15) is 0 Å². The molecule has 0 aliphatic carbocycles. The number of nitrogens with zero attached hydrogens (tertiary/aromatic N) is 3. The van der Waals surface area contributed by atoms with Crippen LogP contribution in [0.15, 0.2) is 6.20 Å². The fourth-order valence-corrected chi connectivity index (χ4v) is 1.83. The molecule has 2 rings (SSSR count). The molecule has 0 saturated heterocycles. The quantitative estimate of drug-likeness (QED) is 0.621. The first-order valence-electron chi connectivity index (χ1n) is 5.13. The molecule has 0 aromatic carbocycles. The number of rotatable bonds is 1. The van der Waals surface area contributed by atoms with Gasteiger partial charge in [0.05, 0.1) is 12.2 Å². The molecule has 0 saturated carbocycles. The highest BCUT2D eigenvalue weighted by molar-refractivity contribution is 5.11. The maximum Gasteiger partial charge on any atom is 0.241 e. The summed E-state index contributed by atoms with van der Waals surface area (Å²) >= 11 is 0. The smallest absolute Gasteiger partial charge is 0.241 e. The van der Waals surface area contributed by atoms with Gasteiger partial charge in [-0.05, 0) is 5.92 Å². The summed E-state index contributed by atoms with van der Waals surface area (Å²) in [5.41, 5.74) is 1.16. The van der Waals surface area contributed by atoms with Crippen LogP contribution in [0.4, 0.5) is 0 Å². The van der Waals surface area contributed by atoms with Crippen LogP contribution < -0.4 is 0 Å². The van der Waals surface area contributed by atoms with Gasteiger partial charge in [0.2, 0.25) is 6.04 Å². The molecular weight excluding hydrogens is 174 g/mol. The molecule has 74 valence electrons. The van der Waals surface area contributed by atoms with Gasteiger partial charge < -0.3 is 9.41 Å². The minimum atomic E-state index is 0.164. The van der Waals surface area contributed by atoms with E-state index in [1.165, 1.54) is 0 Å². The first-order valence-corrected chi connectivity index (χ1v) is 5.13. The average molecular weight is 189 g/mol. The molecule has 14 heavy (non-hydrogen) atoms. The molecule has 1 unspecified atom stereocenters. The Labute approximate surface area is 84.6 Å². The van der Waals surface area contributed by atoms with Crippen molar-refractivity contribution in [1.29, 1.82) is 0 Å². The molecule has 1 aliphatic rings. The Kier molecular flexibility index (Phi) is 2.28. The molecule has 1 aliphatic heterocycles. The van der Waals surface area contributed by atoms with Crippen LogP contribution in [0.5, 0.6) is 0 Å². The molecule has 0 radical (unpaired) electrons. The summed E-state index contributed by atoms with van der Waals surface area (Å²) in [5, 5.41) is 0. The van der Waals surface area contributed by atoms with Gasteiger partial charge in [-0.3, -0.25) is 0 Å². The minimum absolute atomic E-state index is 0.164. The molecule has 1 aromatic heterocycles. The zero-order valence-corrected chi connectivity index (χ0v) is 8.70. The predicted octanol–water partition coefficient (Wildman–Crippen LogP) is 2.24. The Hall–Kier alpha value is -1.30. The lowest BCUT2D eigenvalue weighted by Gasteiger charge is -2.14. The van der Waals surface area contributed by atoms with Gasteiger partial charge in [0.15, 0.2) is 0 Å². The molecule has 1 aromatic rings. The molecular formula is C11H15N3. The molecule has 2 heterocycles. The Morgan fingerprint density at radius 2 is 2.43 bits per heavy atom. The monoisotopic (exact) mass is 189 g/mol. The Balaban J connectivity index is 2.26. The lowest BCUT2D eigenvalue weighted by Crippen LogP contribution is -2.21. The van der Waals surface area contributed by atoms with E-state index >= 15 is 0 Å². The maximum atomic E-state index is 7.02. The van der Waals surface area contributed by atoms with Crippen LogP contribution in [-0.4, -0.2) is 15.6 Å². The van der Waals surface area contributed by atoms with Crippen LogP contribution in [0.2, 0.25) is 0 Å². The van der Waals surface area contributed by atoms with E-state index < -0.39 is 0 Å². The van der Waals surface area contributed by atoms with Crippen LogP contribution >= 0.6 is 0 Å². The van der Waals surface area contributed by atoms with E-state index in [1.807, 2.05) is 0 Å². The highest BCUT2D eigenvalue weighted by Crippen LogP contribution is 2.20. The highest BCUT2D eigenvalue weighted by Gasteiger charge is 2.23. The molecule has 0 N–H and O–H groups in total. The highest BCUT2D eigenvalue weighted by atomic mass is 15.1. The van der Waals surface area contributed by atoms with Crippen molar-refractivity contribution in [3.05, 3.63) is 29.1 Å². The second-order valence-electron chi connectivity index (χ2n) is 4.21. The number of imidazole rings is 1. The van der Waals surface area contributed by atoms with Gasteiger partial charge in [0.1, 0.15) is 5.82 Å². The van der Waals surface area contributed by atoms with Gasteiger partial charge in [-0.2, -0.15) is 0 Å². The van der Waals surface area contributed by atoms with Gasteiger partial charge in [-0.15, -0.1) is 0 Å². The van der Waals surface area contributed by atoms with Crippen molar-refractivity contribution < 1.29 is 0 Å². The largest absolute Gasteiger partial charge is 0.327 e. The summed E-state index contributed by atoms with van der Waals surface area (Å²) in [6.07, 6.45) is 4.04.